The van der Waals surface area contributed by atoms with Gasteiger partial charge in [-0.3, -0.25) is 4.79 Å². The van der Waals surface area contributed by atoms with E-state index in [2.05, 4.69) is 18.8 Å². The molecule has 104 valence electrons. The maximum absolute atomic E-state index is 12.0. The van der Waals surface area contributed by atoms with Gasteiger partial charge in [0.1, 0.15) is 0 Å². The largest absolute Gasteiger partial charge is 0.481 e. The molecule has 19 heavy (non-hydrogen) atoms. The number of nitrogens with zero attached hydrogens (tertiary/aromatic N) is 2. The smallest absolute Gasteiger partial charge is 0.224 e. The molecule has 1 fully saturated rings. The maximum Gasteiger partial charge on any atom is 0.224 e. The first-order valence-corrected chi connectivity index (χ1v) is 6.58. The Balaban J connectivity index is 2.25. The lowest BCUT2D eigenvalue weighted by Crippen LogP contribution is -2.35. The van der Waals surface area contributed by atoms with E-state index in [-0.39, 0.29) is 18.0 Å². The zero-order chi connectivity index (χ0) is 14.0. The van der Waals surface area contributed by atoms with Gasteiger partial charge in [0.15, 0.2) is 0 Å². The van der Waals surface area contributed by atoms with Gasteiger partial charge in [-0.05, 0) is 17.5 Å². The minimum absolute atomic E-state index is 0.0756. The summed E-state index contributed by atoms with van der Waals surface area (Å²) in [6.45, 7) is 4.92. The minimum atomic E-state index is -0.165. The molecule has 1 saturated heterocycles. The Morgan fingerprint density at radius 1 is 1.53 bits per heavy atom. The van der Waals surface area contributed by atoms with Crippen LogP contribution in [0.1, 0.15) is 31.9 Å². The van der Waals surface area contributed by atoms with Crippen molar-refractivity contribution in [3.63, 3.8) is 0 Å². The number of carbonyl (C=O) groups excluding carboxylic acids is 1. The highest BCUT2D eigenvalue weighted by molar-refractivity contribution is 5.80. The van der Waals surface area contributed by atoms with E-state index in [0.29, 0.717) is 18.2 Å². The second-order valence-electron chi connectivity index (χ2n) is 5.39. The van der Waals surface area contributed by atoms with Gasteiger partial charge in [-0.2, -0.15) is 0 Å². The molecule has 0 aliphatic carbocycles. The number of aromatic nitrogens is 1. The molecule has 2 N–H and O–H groups in total. The molecule has 0 spiro atoms. The number of nitrogens with two attached hydrogens (primary N) is 1. The van der Waals surface area contributed by atoms with Gasteiger partial charge in [0.2, 0.25) is 11.8 Å². The maximum atomic E-state index is 12.0. The SMILES string of the molecule is COc1ccc(C2C(N)CC(=O)N2CC(C)C)cn1. The fourth-order valence-corrected chi connectivity index (χ4v) is 2.54. The van der Waals surface area contributed by atoms with E-state index in [9.17, 15) is 4.79 Å². The van der Waals surface area contributed by atoms with Crippen molar-refractivity contribution < 1.29 is 9.53 Å². The molecule has 0 radical (unpaired) electrons. The minimum Gasteiger partial charge on any atom is -0.481 e. The van der Waals surface area contributed by atoms with E-state index >= 15 is 0 Å². The van der Waals surface area contributed by atoms with Gasteiger partial charge in [-0.15, -0.1) is 0 Å². The highest BCUT2D eigenvalue weighted by atomic mass is 16.5. The van der Waals surface area contributed by atoms with Crippen molar-refractivity contribution in [2.75, 3.05) is 13.7 Å². The molecule has 2 heterocycles. The molecule has 0 bridgehead atoms. The molecule has 5 nitrogen and oxygen atoms in total. The van der Waals surface area contributed by atoms with Crippen molar-refractivity contribution in [3.05, 3.63) is 23.9 Å². The van der Waals surface area contributed by atoms with Crippen molar-refractivity contribution in [1.82, 2.24) is 9.88 Å². The summed E-state index contributed by atoms with van der Waals surface area (Å²) in [7, 11) is 1.58. The fraction of sp³-hybridized carbons (Fsp3) is 0.571. The summed E-state index contributed by atoms with van der Waals surface area (Å²) in [5, 5.41) is 0. The summed E-state index contributed by atoms with van der Waals surface area (Å²) in [6, 6.07) is 3.50. The number of ether oxygens (including phenoxy) is 1. The fourth-order valence-electron chi connectivity index (χ4n) is 2.54. The number of likely N-dealkylation sites (tertiary alicyclic amines) is 1. The van der Waals surface area contributed by atoms with Gasteiger partial charge >= 0.3 is 0 Å². The van der Waals surface area contributed by atoms with Gasteiger partial charge < -0.3 is 15.4 Å². The molecule has 1 amide bonds. The summed E-state index contributed by atoms with van der Waals surface area (Å²) in [6.07, 6.45) is 2.15. The first kappa shape index (κ1) is 13.8. The lowest BCUT2D eigenvalue weighted by atomic mass is 10.0. The Labute approximate surface area is 113 Å². The molecule has 5 heteroatoms. The molecule has 0 aromatic carbocycles. The lowest BCUT2D eigenvalue weighted by Gasteiger charge is -2.28. The lowest BCUT2D eigenvalue weighted by molar-refractivity contribution is -0.129. The zero-order valence-electron chi connectivity index (χ0n) is 11.7. The quantitative estimate of drug-likeness (QED) is 0.890. The molecule has 1 aromatic heterocycles. The van der Waals surface area contributed by atoms with Crippen LogP contribution in [0.5, 0.6) is 5.88 Å². The van der Waals surface area contributed by atoms with Crippen molar-refractivity contribution in [3.8, 4) is 5.88 Å². The van der Waals surface area contributed by atoms with Crippen LogP contribution in [-0.2, 0) is 4.79 Å². The molecular formula is C14H21N3O2. The van der Waals surface area contributed by atoms with Crippen LogP contribution in [0, 0.1) is 5.92 Å². The number of rotatable bonds is 4. The third-order valence-corrected chi connectivity index (χ3v) is 3.34. The average molecular weight is 263 g/mol. The molecular weight excluding hydrogens is 242 g/mol. The standard InChI is InChI=1S/C14H21N3O2/c1-9(2)8-17-13(18)6-11(15)14(17)10-4-5-12(19-3)16-7-10/h4-5,7,9,11,14H,6,8,15H2,1-3H3. The Morgan fingerprint density at radius 2 is 2.26 bits per heavy atom. The summed E-state index contributed by atoms with van der Waals surface area (Å²) in [5.41, 5.74) is 7.09. The van der Waals surface area contributed by atoms with Crippen molar-refractivity contribution in [2.45, 2.75) is 32.4 Å². The van der Waals surface area contributed by atoms with Gasteiger partial charge in [0.05, 0.1) is 13.2 Å². The first-order chi connectivity index (χ1) is 9.02. The Bertz CT molecular complexity index is 445. The molecule has 2 unspecified atom stereocenters. The van der Waals surface area contributed by atoms with Crippen molar-refractivity contribution in [2.24, 2.45) is 11.7 Å². The summed E-state index contributed by atoms with van der Waals surface area (Å²) in [5.74, 6) is 1.11. The van der Waals surface area contributed by atoms with Crippen LogP contribution in [0.15, 0.2) is 18.3 Å². The van der Waals surface area contributed by atoms with Crippen LogP contribution < -0.4 is 10.5 Å². The monoisotopic (exact) mass is 263 g/mol. The van der Waals surface area contributed by atoms with Crippen LogP contribution in [0.2, 0.25) is 0 Å². The Kier molecular flexibility index (Phi) is 4.04. The highest BCUT2D eigenvalue weighted by Crippen LogP contribution is 2.32. The number of carbonyl (C=O) groups is 1. The Hall–Kier alpha value is -1.62. The predicted octanol–water partition coefficient (Wildman–Crippen LogP) is 1.35. The molecule has 1 aliphatic heterocycles. The normalized spacial score (nSPS) is 23.2. The second-order valence-corrected chi connectivity index (χ2v) is 5.39. The summed E-state index contributed by atoms with van der Waals surface area (Å²) in [4.78, 5) is 18.1. The zero-order valence-corrected chi connectivity index (χ0v) is 11.7. The number of methoxy groups -OCH3 is 1. The van der Waals surface area contributed by atoms with Crippen LogP contribution in [0.25, 0.3) is 0 Å². The molecule has 2 rings (SSSR count). The van der Waals surface area contributed by atoms with E-state index < -0.39 is 0 Å². The van der Waals surface area contributed by atoms with Crippen molar-refractivity contribution in [1.29, 1.82) is 0 Å². The number of hydrogen-bond donors (Lipinski definition) is 1. The predicted molar refractivity (Wildman–Crippen MR) is 72.7 cm³/mol. The Morgan fingerprint density at radius 3 is 2.79 bits per heavy atom. The molecule has 1 aromatic rings. The second kappa shape index (κ2) is 5.57. The van der Waals surface area contributed by atoms with Gasteiger partial charge in [0.25, 0.3) is 0 Å². The van der Waals surface area contributed by atoms with E-state index in [1.807, 2.05) is 11.0 Å². The summed E-state index contributed by atoms with van der Waals surface area (Å²) >= 11 is 0. The first-order valence-electron chi connectivity index (χ1n) is 6.58. The summed E-state index contributed by atoms with van der Waals surface area (Å²) < 4.78 is 5.05. The van der Waals surface area contributed by atoms with Gasteiger partial charge in [-0.25, -0.2) is 4.98 Å². The van der Waals surface area contributed by atoms with Gasteiger partial charge in [0, 0.05) is 31.3 Å². The van der Waals surface area contributed by atoms with Gasteiger partial charge in [-0.1, -0.05) is 13.8 Å². The van der Waals surface area contributed by atoms with Crippen LogP contribution in [0.3, 0.4) is 0 Å². The van der Waals surface area contributed by atoms with E-state index in [0.717, 1.165) is 12.1 Å². The van der Waals surface area contributed by atoms with Crippen molar-refractivity contribution >= 4 is 5.91 Å². The van der Waals surface area contributed by atoms with Crippen LogP contribution >= 0.6 is 0 Å². The third-order valence-electron chi connectivity index (χ3n) is 3.34. The van der Waals surface area contributed by atoms with Crippen LogP contribution in [0.4, 0.5) is 0 Å². The van der Waals surface area contributed by atoms with Crippen LogP contribution in [-0.4, -0.2) is 35.5 Å². The number of pyridine rings is 1. The molecule has 1 aliphatic rings. The van der Waals surface area contributed by atoms with E-state index in [4.69, 9.17) is 10.5 Å². The highest BCUT2D eigenvalue weighted by Gasteiger charge is 2.38. The molecule has 0 saturated carbocycles. The van der Waals surface area contributed by atoms with E-state index in [1.54, 1.807) is 19.4 Å². The van der Waals surface area contributed by atoms with E-state index in [1.165, 1.54) is 0 Å². The number of hydrogen-bond acceptors (Lipinski definition) is 4. The molecule has 2 atom stereocenters. The topological polar surface area (TPSA) is 68.5 Å². The number of amides is 1. The average Bonchev–Trinajstić information content (AvgIpc) is 2.64. The third kappa shape index (κ3) is 2.87.